The van der Waals surface area contributed by atoms with Crippen LogP contribution in [0.2, 0.25) is 0 Å². The average molecular weight is 232 g/mol. The summed E-state index contributed by atoms with van der Waals surface area (Å²) in [4.78, 5) is 14.9. The number of amides is 1. The van der Waals surface area contributed by atoms with Crippen LogP contribution in [0.5, 0.6) is 5.75 Å². The molecule has 1 aliphatic heterocycles. The van der Waals surface area contributed by atoms with E-state index in [2.05, 4.69) is 11.0 Å². The van der Waals surface area contributed by atoms with Gasteiger partial charge in [0.2, 0.25) is 0 Å². The molecule has 2 rings (SSSR count). The first-order valence-corrected chi connectivity index (χ1v) is 5.47. The van der Waals surface area contributed by atoms with E-state index < -0.39 is 0 Å². The predicted molar refractivity (Wildman–Crippen MR) is 66.7 cm³/mol. The number of hydrogen-bond acceptors (Lipinski definition) is 3. The standard InChI is InChI=1S/C13H16N2O2/c1-14(2)13(16)17-12-5-4-10-6-7-15(3)9-11(10)8-12/h4-8H,9H2,1-3H3. The van der Waals surface area contributed by atoms with Gasteiger partial charge in [-0.2, -0.15) is 0 Å². The van der Waals surface area contributed by atoms with Crippen molar-refractivity contribution in [1.82, 2.24) is 9.80 Å². The van der Waals surface area contributed by atoms with Crippen LogP contribution in [0.4, 0.5) is 4.79 Å². The van der Waals surface area contributed by atoms with E-state index in [-0.39, 0.29) is 6.09 Å². The van der Waals surface area contributed by atoms with Crippen molar-refractivity contribution in [2.24, 2.45) is 0 Å². The molecule has 0 saturated heterocycles. The van der Waals surface area contributed by atoms with Crippen molar-refractivity contribution in [2.45, 2.75) is 6.54 Å². The summed E-state index contributed by atoms with van der Waals surface area (Å²) in [5, 5.41) is 0. The number of carbonyl (C=O) groups is 1. The Kier molecular flexibility index (Phi) is 3.04. The minimum absolute atomic E-state index is 0.357. The third-order valence-electron chi connectivity index (χ3n) is 2.61. The van der Waals surface area contributed by atoms with Crippen LogP contribution < -0.4 is 4.74 Å². The molecule has 1 aromatic rings. The van der Waals surface area contributed by atoms with Gasteiger partial charge in [-0.3, -0.25) is 0 Å². The first-order chi connectivity index (χ1) is 8.06. The van der Waals surface area contributed by atoms with Crippen molar-refractivity contribution in [3.05, 3.63) is 35.5 Å². The summed E-state index contributed by atoms with van der Waals surface area (Å²) in [6, 6.07) is 5.70. The topological polar surface area (TPSA) is 32.8 Å². The molecule has 0 fully saturated rings. The van der Waals surface area contributed by atoms with Gasteiger partial charge in [0, 0.05) is 27.7 Å². The summed E-state index contributed by atoms with van der Waals surface area (Å²) in [5.74, 6) is 0.589. The van der Waals surface area contributed by atoms with Gasteiger partial charge in [-0.1, -0.05) is 6.07 Å². The Morgan fingerprint density at radius 1 is 1.41 bits per heavy atom. The van der Waals surface area contributed by atoms with Crippen LogP contribution in [0.3, 0.4) is 0 Å². The van der Waals surface area contributed by atoms with E-state index in [1.54, 1.807) is 14.1 Å². The number of hydrogen-bond donors (Lipinski definition) is 0. The van der Waals surface area contributed by atoms with E-state index in [0.29, 0.717) is 5.75 Å². The summed E-state index contributed by atoms with van der Waals surface area (Å²) >= 11 is 0. The fraction of sp³-hybridized carbons (Fsp3) is 0.308. The number of ether oxygens (including phenoxy) is 1. The van der Waals surface area contributed by atoms with Gasteiger partial charge in [-0.25, -0.2) is 4.79 Å². The largest absolute Gasteiger partial charge is 0.414 e. The van der Waals surface area contributed by atoms with Crippen LogP contribution in [0.1, 0.15) is 11.1 Å². The summed E-state index contributed by atoms with van der Waals surface area (Å²) < 4.78 is 5.22. The van der Waals surface area contributed by atoms with Crippen molar-refractivity contribution in [3.8, 4) is 5.75 Å². The molecular formula is C13H16N2O2. The first kappa shape index (κ1) is 11.5. The molecule has 0 saturated carbocycles. The Balaban J connectivity index is 2.19. The van der Waals surface area contributed by atoms with Gasteiger partial charge < -0.3 is 14.5 Å². The van der Waals surface area contributed by atoms with Crippen LogP contribution in [0, 0.1) is 0 Å². The Bertz CT molecular complexity index is 466. The summed E-state index contributed by atoms with van der Waals surface area (Å²) in [6.07, 6.45) is 3.73. The SMILES string of the molecule is CN1C=Cc2ccc(OC(=O)N(C)C)cc2C1. The molecule has 4 nitrogen and oxygen atoms in total. The Morgan fingerprint density at radius 3 is 2.88 bits per heavy atom. The summed E-state index contributed by atoms with van der Waals surface area (Å²) in [6.45, 7) is 0.833. The number of nitrogens with zero attached hydrogens (tertiary/aromatic N) is 2. The van der Waals surface area contributed by atoms with Crippen molar-refractivity contribution in [3.63, 3.8) is 0 Å². The normalized spacial score (nSPS) is 13.2. The lowest BCUT2D eigenvalue weighted by Gasteiger charge is -2.21. The van der Waals surface area contributed by atoms with E-state index in [9.17, 15) is 4.79 Å². The highest BCUT2D eigenvalue weighted by atomic mass is 16.6. The number of benzene rings is 1. The maximum Gasteiger partial charge on any atom is 0.414 e. The predicted octanol–water partition coefficient (Wildman–Crippen LogP) is 2.16. The number of carbonyl (C=O) groups excluding carboxylic acids is 1. The van der Waals surface area contributed by atoms with Gasteiger partial charge >= 0.3 is 6.09 Å². The second kappa shape index (κ2) is 4.49. The second-order valence-electron chi connectivity index (χ2n) is 4.35. The lowest BCUT2D eigenvalue weighted by molar-refractivity contribution is 0.172. The molecule has 0 bridgehead atoms. The molecule has 90 valence electrons. The monoisotopic (exact) mass is 232 g/mol. The van der Waals surface area contributed by atoms with Crippen molar-refractivity contribution in [2.75, 3.05) is 21.1 Å². The van der Waals surface area contributed by atoms with E-state index >= 15 is 0 Å². The highest BCUT2D eigenvalue weighted by molar-refractivity contribution is 5.70. The van der Waals surface area contributed by atoms with Gasteiger partial charge in [0.25, 0.3) is 0 Å². The Labute approximate surface area is 101 Å². The molecule has 1 heterocycles. The fourth-order valence-corrected chi connectivity index (χ4v) is 1.67. The zero-order valence-electron chi connectivity index (χ0n) is 10.3. The van der Waals surface area contributed by atoms with E-state index in [1.807, 2.05) is 31.4 Å². The number of rotatable bonds is 1. The molecule has 0 aromatic heterocycles. The molecular weight excluding hydrogens is 216 g/mol. The maximum absolute atomic E-state index is 11.4. The molecule has 1 aliphatic rings. The summed E-state index contributed by atoms with van der Waals surface area (Å²) in [7, 11) is 5.34. The molecule has 0 N–H and O–H groups in total. The molecule has 1 amide bonds. The molecule has 1 aromatic carbocycles. The highest BCUT2D eigenvalue weighted by Crippen LogP contribution is 2.23. The van der Waals surface area contributed by atoms with Gasteiger partial charge in [0.05, 0.1) is 0 Å². The fourth-order valence-electron chi connectivity index (χ4n) is 1.67. The van der Waals surface area contributed by atoms with Crippen LogP contribution in [0.25, 0.3) is 6.08 Å². The van der Waals surface area contributed by atoms with Gasteiger partial charge in [-0.05, 0) is 35.5 Å². The smallest absolute Gasteiger partial charge is 0.410 e. The second-order valence-corrected chi connectivity index (χ2v) is 4.35. The molecule has 0 atom stereocenters. The zero-order valence-corrected chi connectivity index (χ0v) is 10.3. The van der Waals surface area contributed by atoms with Crippen molar-refractivity contribution >= 4 is 12.2 Å². The third-order valence-corrected chi connectivity index (χ3v) is 2.61. The van der Waals surface area contributed by atoms with Crippen LogP contribution in [-0.4, -0.2) is 37.0 Å². The molecule has 0 radical (unpaired) electrons. The molecule has 0 unspecified atom stereocenters. The van der Waals surface area contributed by atoms with Crippen LogP contribution >= 0.6 is 0 Å². The lowest BCUT2D eigenvalue weighted by atomic mass is 10.0. The zero-order chi connectivity index (χ0) is 12.4. The van der Waals surface area contributed by atoms with E-state index in [0.717, 1.165) is 6.54 Å². The lowest BCUT2D eigenvalue weighted by Crippen LogP contribution is -2.25. The average Bonchev–Trinajstić information content (AvgIpc) is 2.28. The summed E-state index contributed by atoms with van der Waals surface area (Å²) in [5.41, 5.74) is 2.34. The highest BCUT2D eigenvalue weighted by Gasteiger charge is 2.11. The quantitative estimate of drug-likeness (QED) is 0.744. The molecule has 17 heavy (non-hydrogen) atoms. The molecule has 0 aliphatic carbocycles. The van der Waals surface area contributed by atoms with Gasteiger partial charge in [0.1, 0.15) is 5.75 Å². The van der Waals surface area contributed by atoms with Crippen molar-refractivity contribution < 1.29 is 9.53 Å². The first-order valence-electron chi connectivity index (χ1n) is 5.47. The van der Waals surface area contributed by atoms with E-state index in [4.69, 9.17) is 4.74 Å². The third kappa shape index (κ3) is 2.58. The Hall–Kier alpha value is -1.97. The van der Waals surface area contributed by atoms with Crippen LogP contribution in [0.15, 0.2) is 24.4 Å². The molecule has 4 heteroatoms. The maximum atomic E-state index is 11.4. The molecule has 0 spiro atoms. The Morgan fingerprint density at radius 2 is 2.18 bits per heavy atom. The number of fused-ring (bicyclic) bond motifs is 1. The van der Waals surface area contributed by atoms with E-state index in [1.165, 1.54) is 16.0 Å². The van der Waals surface area contributed by atoms with Crippen LogP contribution in [-0.2, 0) is 6.54 Å². The minimum Gasteiger partial charge on any atom is -0.410 e. The van der Waals surface area contributed by atoms with Crippen molar-refractivity contribution in [1.29, 1.82) is 0 Å². The van der Waals surface area contributed by atoms with Gasteiger partial charge in [0.15, 0.2) is 0 Å². The van der Waals surface area contributed by atoms with Gasteiger partial charge in [-0.15, -0.1) is 0 Å². The minimum atomic E-state index is -0.357.